The Hall–Kier alpha value is -2.17. The largest absolute Gasteiger partial charge is 0.489 e. The van der Waals surface area contributed by atoms with E-state index in [4.69, 9.17) is 4.74 Å². The SMILES string of the molecule is Cc1cnc([C@H](CC(C)C)NCc2ccc(OCc3ccccc3)cc2)s1. The number of hydrogen-bond donors (Lipinski definition) is 1. The molecule has 0 bridgehead atoms. The van der Waals surface area contributed by atoms with Crippen molar-refractivity contribution in [1.82, 2.24) is 10.3 Å². The molecular formula is C23H28N2OS. The first-order chi connectivity index (χ1) is 13.1. The summed E-state index contributed by atoms with van der Waals surface area (Å²) in [5.74, 6) is 1.53. The van der Waals surface area contributed by atoms with Gasteiger partial charge >= 0.3 is 0 Å². The Morgan fingerprint density at radius 2 is 1.74 bits per heavy atom. The van der Waals surface area contributed by atoms with Gasteiger partial charge in [-0.05, 0) is 42.5 Å². The molecule has 1 atom stereocenters. The van der Waals surface area contributed by atoms with Crippen LogP contribution in [0.1, 0.15) is 47.3 Å². The zero-order valence-electron chi connectivity index (χ0n) is 16.3. The van der Waals surface area contributed by atoms with Crippen LogP contribution < -0.4 is 10.1 Å². The topological polar surface area (TPSA) is 34.2 Å². The van der Waals surface area contributed by atoms with Crippen molar-refractivity contribution >= 4 is 11.3 Å². The van der Waals surface area contributed by atoms with Gasteiger partial charge in [0.1, 0.15) is 17.4 Å². The number of aromatic nitrogens is 1. The van der Waals surface area contributed by atoms with E-state index in [-0.39, 0.29) is 0 Å². The van der Waals surface area contributed by atoms with Gasteiger partial charge in [-0.15, -0.1) is 11.3 Å². The van der Waals surface area contributed by atoms with Gasteiger partial charge < -0.3 is 10.1 Å². The molecule has 0 saturated carbocycles. The van der Waals surface area contributed by atoms with Crippen LogP contribution in [0.25, 0.3) is 0 Å². The van der Waals surface area contributed by atoms with Crippen molar-refractivity contribution in [1.29, 1.82) is 0 Å². The lowest BCUT2D eigenvalue weighted by atomic mass is 10.0. The maximum atomic E-state index is 5.87. The highest BCUT2D eigenvalue weighted by Gasteiger charge is 2.16. The zero-order valence-corrected chi connectivity index (χ0v) is 17.1. The molecule has 0 aliphatic rings. The van der Waals surface area contributed by atoms with Gasteiger partial charge in [-0.2, -0.15) is 0 Å². The van der Waals surface area contributed by atoms with Crippen LogP contribution in [0.5, 0.6) is 5.75 Å². The predicted molar refractivity (Wildman–Crippen MR) is 113 cm³/mol. The summed E-state index contributed by atoms with van der Waals surface area (Å²) in [5.41, 5.74) is 2.43. The van der Waals surface area contributed by atoms with E-state index in [9.17, 15) is 0 Å². The Morgan fingerprint density at radius 3 is 2.37 bits per heavy atom. The number of benzene rings is 2. The summed E-state index contributed by atoms with van der Waals surface area (Å²) in [6.07, 6.45) is 3.05. The van der Waals surface area contributed by atoms with Crippen molar-refractivity contribution in [2.75, 3.05) is 0 Å². The second-order valence-electron chi connectivity index (χ2n) is 7.29. The average Bonchev–Trinajstić information content (AvgIpc) is 3.11. The molecule has 3 aromatic rings. The third-order valence-electron chi connectivity index (χ3n) is 4.37. The molecule has 4 heteroatoms. The van der Waals surface area contributed by atoms with E-state index in [1.165, 1.54) is 21.0 Å². The normalized spacial score (nSPS) is 12.3. The molecule has 0 amide bonds. The van der Waals surface area contributed by atoms with E-state index in [0.717, 1.165) is 18.7 Å². The van der Waals surface area contributed by atoms with Crippen LogP contribution in [0.3, 0.4) is 0 Å². The Labute approximate surface area is 166 Å². The van der Waals surface area contributed by atoms with Crippen molar-refractivity contribution in [2.45, 2.75) is 46.4 Å². The van der Waals surface area contributed by atoms with Crippen LogP contribution in [0, 0.1) is 12.8 Å². The highest BCUT2D eigenvalue weighted by molar-refractivity contribution is 7.11. The molecule has 142 valence electrons. The highest BCUT2D eigenvalue weighted by atomic mass is 32.1. The summed E-state index contributed by atoms with van der Waals surface area (Å²) >= 11 is 1.79. The number of aryl methyl sites for hydroxylation is 1. The van der Waals surface area contributed by atoms with Gasteiger partial charge in [-0.1, -0.05) is 56.3 Å². The Balaban J connectivity index is 1.55. The van der Waals surface area contributed by atoms with Crippen LogP contribution >= 0.6 is 11.3 Å². The second kappa shape index (κ2) is 9.67. The molecule has 3 nitrogen and oxygen atoms in total. The molecule has 0 fully saturated rings. The third kappa shape index (κ3) is 6.19. The third-order valence-corrected chi connectivity index (χ3v) is 5.40. The van der Waals surface area contributed by atoms with Crippen molar-refractivity contribution in [2.24, 2.45) is 5.92 Å². The molecule has 0 spiro atoms. The first kappa shape index (κ1) is 19.6. The van der Waals surface area contributed by atoms with Crippen molar-refractivity contribution in [3.05, 3.63) is 81.8 Å². The van der Waals surface area contributed by atoms with Gasteiger partial charge in [0.15, 0.2) is 0 Å². The first-order valence-corrected chi connectivity index (χ1v) is 10.3. The van der Waals surface area contributed by atoms with E-state index < -0.39 is 0 Å². The molecule has 2 aromatic carbocycles. The standard InChI is InChI=1S/C23H28N2OS/c1-17(2)13-22(23-25-14-18(3)27-23)24-15-19-9-11-21(12-10-19)26-16-20-7-5-4-6-8-20/h4-12,14,17,22,24H,13,15-16H2,1-3H3/t22-/m0/s1. The van der Waals surface area contributed by atoms with Gasteiger partial charge in [-0.3, -0.25) is 0 Å². The minimum absolute atomic E-state index is 0.303. The lowest BCUT2D eigenvalue weighted by Crippen LogP contribution is -2.22. The van der Waals surface area contributed by atoms with Gasteiger partial charge in [-0.25, -0.2) is 4.98 Å². The van der Waals surface area contributed by atoms with Crippen LogP contribution in [0.4, 0.5) is 0 Å². The summed E-state index contributed by atoms with van der Waals surface area (Å²) in [4.78, 5) is 5.85. The maximum Gasteiger partial charge on any atom is 0.119 e. The molecule has 0 aliphatic carbocycles. The molecule has 0 radical (unpaired) electrons. The van der Waals surface area contributed by atoms with E-state index in [1.54, 1.807) is 11.3 Å². The molecule has 0 aliphatic heterocycles. The Kier molecular flexibility index (Phi) is 7.02. The summed E-state index contributed by atoms with van der Waals surface area (Å²) in [6, 6.07) is 18.9. The summed E-state index contributed by atoms with van der Waals surface area (Å²) in [6.45, 7) is 8.05. The molecule has 3 rings (SSSR count). The average molecular weight is 381 g/mol. The summed E-state index contributed by atoms with van der Waals surface area (Å²) in [7, 11) is 0. The van der Waals surface area contributed by atoms with Crippen molar-refractivity contribution in [3.8, 4) is 5.75 Å². The quantitative estimate of drug-likeness (QED) is 0.501. The van der Waals surface area contributed by atoms with Crippen LogP contribution in [0.15, 0.2) is 60.8 Å². The minimum Gasteiger partial charge on any atom is -0.489 e. The molecule has 1 aromatic heterocycles. The van der Waals surface area contributed by atoms with Gasteiger partial charge in [0.25, 0.3) is 0 Å². The number of nitrogens with one attached hydrogen (secondary N) is 1. The first-order valence-electron chi connectivity index (χ1n) is 9.51. The fourth-order valence-electron chi connectivity index (χ4n) is 2.96. The number of nitrogens with zero attached hydrogens (tertiary/aromatic N) is 1. The molecule has 1 heterocycles. The van der Waals surface area contributed by atoms with Crippen LogP contribution in [0.2, 0.25) is 0 Å². The van der Waals surface area contributed by atoms with Gasteiger partial charge in [0.05, 0.1) is 6.04 Å². The van der Waals surface area contributed by atoms with Crippen LogP contribution in [-0.2, 0) is 13.2 Å². The van der Waals surface area contributed by atoms with E-state index in [2.05, 4.69) is 55.3 Å². The number of ether oxygens (including phenoxy) is 1. The molecule has 1 N–H and O–H groups in total. The molecular weight excluding hydrogens is 352 g/mol. The second-order valence-corrected chi connectivity index (χ2v) is 8.56. The molecule has 0 saturated heterocycles. The number of rotatable bonds is 9. The maximum absolute atomic E-state index is 5.87. The van der Waals surface area contributed by atoms with Crippen molar-refractivity contribution < 1.29 is 4.74 Å². The summed E-state index contributed by atoms with van der Waals surface area (Å²) < 4.78 is 5.87. The van der Waals surface area contributed by atoms with E-state index in [0.29, 0.717) is 18.6 Å². The van der Waals surface area contributed by atoms with E-state index in [1.807, 2.05) is 36.5 Å². The predicted octanol–water partition coefficient (Wildman–Crippen LogP) is 5.91. The lowest BCUT2D eigenvalue weighted by molar-refractivity contribution is 0.306. The van der Waals surface area contributed by atoms with Gasteiger partial charge in [0, 0.05) is 17.6 Å². The highest BCUT2D eigenvalue weighted by Crippen LogP contribution is 2.26. The van der Waals surface area contributed by atoms with E-state index >= 15 is 0 Å². The number of hydrogen-bond acceptors (Lipinski definition) is 4. The van der Waals surface area contributed by atoms with Crippen LogP contribution in [-0.4, -0.2) is 4.98 Å². The molecule has 0 unspecified atom stereocenters. The van der Waals surface area contributed by atoms with Crippen molar-refractivity contribution in [3.63, 3.8) is 0 Å². The smallest absolute Gasteiger partial charge is 0.119 e. The zero-order chi connectivity index (χ0) is 19.1. The molecule has 27 heavy (non-hydrogen) atoms. The lowest BCUT2D eigenvalue weighted by Gasteiger charge is -2.19. The monoisotopic (exact) mass is 380 g/mol. The number of thiazole rings is 1. The van der Waals surface area contributed by atoms with Gasteiger partial charge in [0.2, 0.25) is 0 Å². The Morgan fingerprint density at radius 1 is 1.00 bits per heavy atom. The minimum atomic E-state index is 0.303. The fraction of sp³-hybridized carbons (Fsp3) is 0.348. The summed E-state index contributed by atoms with van der Waals surface area (Å²) in [5, 5.41) is 4.87. The fourth-order valence-corrected chi connectivity index (χ4v) is 3.82. The Bertz CT molecular complexity index is 812.